The first-order valence-corrected chi connectivity index (χ1v) is 13.5. The molecule has 1 aliphatic carbocycles. The number of benzene rings is 5. The minimum absolute atomic E-state index is 0.00485. The van der Waals surface area contributed by atoms with E-state index in [1.165, 1.54) is 54.9 Å². The summed E-state index contributed by atoms with van der Waals surface area (Å²) in [5.74, 6) is 1.12. The monoisotopic (exact) mass is 500 g/mol. The first-order chi connectivity index (χ1) is 19.3. The predicted molar refractivity (Wildman–Crippen MR) is 161 cm³/mol. The normalized spacial score (nSPS) is 18.0. The van der Waals surface area contributed by atoms with Gasteiger partial charge >= 0.3 is 0 Å². The third-order valence-electron chi connectivity index (χ3n) is 8.45. The molecule has 5 aromatic carbocycles. The minimum atomic E-state index is 0.00485. The van der Waals surface area contributed by atoms with Crippen molar-refractivity contribution >= 4 is 49.3 Å². The molecule has 0 N–H and O–H groups in total. The van der Waals surface area contributed by atoms with Crippen LogP contribution in [0.4, 0.5) is 0 Å². The largest absolute Gasteiger partial charge is 0.485 e. The van der Waals surface area contributed by atoms with Crippen LogP contribution in [0.3, 0.4) is 0 Å². The molecule has 2 atom stereocenters. The van der Waals surface area contributed by atoms with Crippen LogP contribution in [0.15, 0.2) is 133 Å². The predicted octanol–water partition coefficient (Wildman–Crippen LogP) is 8.85. The summed E-state index contributed by atoms with van der Waals surface area (Å²) in [5, 5.41) is 5.11. The van der Waals surface area contributed by atoms with E-state index < -0.39 is 0 Å². The first kappa shape index (κ1) is 21.0. The zero-order valence-electron chi connectivity index (χ0n) is 21.2. The van der Waals surface area contributed by atoms with Gasteiger partial charge in [-0.05, 0) is 60.7 Å². The Morgan fingerprint density at radius 1 is 0.538 bits per heavy atom. The molecule has 3 heterocycles. The van der Waals surface area contributed by atoms with Crippen LogP contribution in [0, 0.1) is 0 Å². The third kappa shape index (κ3) is 2.87. The van der Waals surface area contributed by atoms with Gasteiger partial charge in [-0.2, -0.15) is 0 Å². The number of hydrogen-bond acceptors (Lipinski definition) is 1. The molecule has 7 aromatic rings. The van der Waals surface area contributed by atoms with Crippen LogP contribution in [-0.2, 0) is 0 Å². The lowest BCUT2D eigenvalue weighted by Gasteiger charge is -2.20. The van der Waals surface area contributed by atoms with E-state index in [0.717, 1.165) is 11.4 Å². The molecule has 0 spiro atoms. The zero-order valence-corrected chi connectivity index (χ0v) is 21.2. The highest BCUT2D eigenvalue weighted by Gasteiger charge is 2.34. The standard InChI is InChI=1S/C36H24N2O/c1-5-13-31-25(9-1)26-10-2-6-14-32(26)37(31)23-17-19-35-29(21-23)30-22-24(18-20-36(30)39-35)38-33-15-7-3-11-27(33)28-12-4-8-16-34(28)38/h1-22,29,35H. The summed E-state index contributed by atoms with van der Waals surface area (Å²) in [6, 6.07) is 41.4. The quantitative estimate of drug-likeness (QED) is 0.232. The Morgan fingerprint density at radius 2 is 1.05 bits per heavy atom. The Balaban J connectivity index is 1.23. The molecule has 2 aliphatic rings. The molecule has 2 unspecified atom stereocenters. The SMILES string of the molecule is C1=CC2Oc3ccc(-n4c5ccccc5c5ccccc54)cc3C2C=C1n1c2ccccc2c2ccccc21. The van der Waals surface area contributed by atoms with E-state index in [2.05, 4.69) is 143 Å². The van der Waals surface area contributed by atoms with Gasteiger partial charge in [0.15, 0.2) is 0 Å². The third-order valence-corrected chi connectivity index (χ3v) is 8.45. The van der Waals surface area contributed by atoms with Crippen LogP contribution in [0.5, 0.6) is 5.75 Å². The van der Waals surface area contributed by atoms with Crippen molar-refractivity contribution in [2.45, 2.75) is 12.0 Å². The van der Waals surface area contributed by atoms with E-state index >= 15 is 0 Å². The Kier molecular flexibility index (Phi) is 4.17. The van der Waals surface area contributed by atoms with Gasteiger partial charge < -0.3 is 13.9 Å². The summed E-state index contributed by atoms with van der Waals surface area (Å²) in [6.07, 6.45) is 6.85. The van der Waals surface area contributed by atoms with Crippen molar-refractivity contribution in [1.82, 2.24) is 9.13 Å². The lowest BCUT2D eigenvalue weighted by atomic mass is 9.90. The lowest BCUT2D eigenvalue weighted by molar-refractivity contribution is 0.269. The molecule has 3 heteroatoms. The molecule has 0 fully saturated rings. The van der Waals surface area contributed by atoms with E-state index in [1.54, 1.807) is 0 Å². The molecule has 2 aromatic heterocycles. The Bertz CT molecular complexity index is 2070. The van der Waals surface area contributed by atoms with E-state index in [9.17, 15) is 0 Å². The van der Waals surface area contributed by atoms with Crippen LogP contribution in [0.1, 0.15) is 11.5 Å². The number of rotatable bonds is 2. The fraction of sp³-hybridized carbons (Fsp3) is 0.0556. The molecule has 0 saturated carbocycles. The van der Waals surface area contributed by atoms with Crippen LogP contribution in [0.25, 0.3) is 55.0 Å². The van der Waals surface area contributed by atoms with Crippen molar-refractivity contribution in [3.8, 4) is 11.4 Å². The number of nitrogens with zero attached hydrogens (tertiary/aromatic N) is 2. The van der Waals surface area contributed by atoms with Crippen molar-refractivity contribution in [1.29, 1.82) is 0 Å². The topological polar surface area (TPSA) is 19.1 Å². The maximum absolute atomic E-state index is 6.45. The Labute approximate surface area is 225 Å². The minimum Gasteiger partial charge on any atom is -0.485 e. The second-order valence-electron chi connectivity index (χ2n) is 10.5. The molecule has 39 heavy (non-hydrogen) atoms. The number of allylic oxidation sites excluding steroid dienone is 2. The number of ether oxygens (including phenoxy) is 1. The van der Waals surface area contributed by atoms with Gasteiger partial charge in [0.05, 0.1) is 22.1 Å². The Morgan fingerprint density at radius 3 is 1.62 bits per heavy atom. The molecule has 0 radical (unpaired) electrons. The highest BCUT2D eigenvalue weighted by molar-refractivity contribution is 6.11. The molecule has 9 rings (SSSR count). The van der Waals surface area contributed by atoms with Crippen LogP contribution in [-0.4, -0.2) is 15.2 Å². The number of fused-ring (bicyclic) bond motifs is 9. The van der Waals surface area contributed by atoms with Crippen molar-refractivity contribution in [3.05, 3.63) is 139 Å². The van der Waals surface area contributed by atoms with Gasteiger partial charge in [0, 0.05) is 44.4 Å². The molecule has 0 saturated heterocycles. The first-order valence-electron chi connectivity index (χ1n) is 13.5. The van der Waals surface area contributed by atoms with Crippen molar-refractivity contribution in [2.24, 2.45) is 0 Å². The maximum Gasteiger partial charge on any atom is 0.128 e. The highest BCUT2D eigenvalue weighted by Crippen LogP contribution is 2.45. The van der Waals surface area contributed by atoms with E-state index in [1.807, 2.05) is 0 Å². The molecular formula is C36H24N2O. The molecule has 184 valence electrons. The lowest BCUT2D eigenvalue weighted by Crippen LogP contribution is -2.18. The number of hydrogen-bond donors (Lipinski definition) is 0. The molecule has 1 aliphatic heterocycles. The van der Waals surface area contributed by atoms with Gasteiger partial charge in [-0.25, -0.2) is 0 Å². The number of aromatic nitrogens is 2. The second-order valence-corrected chi connectivity index (χ2v) is 10.5. The Hall–Kier alpha value is -5.02. The molecule has 3 nitrogen and oxygen atoms in total. The zero-order chi connectivity index (χ0) is 25.5. The smallest absolute Gasteiger partial charge is 0.128 e. The number of para-hydroxylation sites is 4. The van der Waals surface area contributed by atoms with Gasteiger partial charge in [-0.3, -0.25) is 0 Å². The van der Waals surface area contributed by atoms with E-state index in [4.69, 9.17) is 4.74 Å². The summed E-state index contributed by atoms with van der Waals surface area (Å²) in [5.41, 5.74) is 8.49. The van der Waals surface area contributed by atoms with Crippen molar-refractivity contribution in [2.75, 3.05) is 0 Å². The van der Waals surface area contributed by atoms with Gasteiger partial charge in [0.25, 0.3) is 0 Å². The van der Waals surface area contributed by atoms with E-state index in [-0.39, 0.29) is 12.0 Å². The van der Waals surface area contributed by atoms with Crippen LogP contribution >= 0.6 is 0 Å². The van der Waals surface area contributed by atoms with E-state index in [0.29, 0.717) is 0 Å². The van der Waals surface area contributed by atoms with Crippen molar-refractivity contribution < 1.29 is 4.74 Å². The summed E-state index contributed by atoms with van der Waals surface area (Å²) in [7, 11) is 0. The van der Waals surface area contributed by atoms with Gasteiger partial charge in [0.2, 0.25) is 0 Å². The molecule has 0 bridgehead atoms. The fourth-order valence-electron chi connectivity index (χ4n) is 6.77. The van der Waals surface area contributed by atoms with Crippen LogP contribution < -0.4 is 4.74 Å². The highest BCUT2D eigenvalue weighted by atomic mass is 16.5. The van der Waals surface area contributed by atoms with Gasteiger partial charge in [-0.1, -0.05) is 72.8 Å². The summed E-state index contributed by atoms with van der Waals surface area (Å²) in [4.78, 5) is 0. The molecular weight excluding hydrogens is 476 g/mol. The molecule has 0 amide bonds. The summed E-state index contributed by atoms with van der Waals surface area (Å²) in [6.45, 7) is 0. The van der Waals surface area contributed by atoms with Crippen LogP contribution in [0.2, 0.25) is 0 Å². The van der Waals surface area contributed by atoms with Gasteiger partial charge in [0.1, 0.15) is 11.9 Å². The summed E-state index contributed by atoms with van der Waals surface area (Å²) < 4.78 is 11.2. The average Bonchev–Trinajstić information content (AvgIpc) is 3.64. The van der Waals surface area contributed by atoms with Crippen molar-refractivity contribution in [3.63, 3.8) is 0 Å². The second kappa shape index (κ2) is 7.75. The summed E-state index contributed by atoms with van der Waals surface area (Å²) >= 11 is 0. The van der Waals surface area contributed by atoms with Gasteiger partial charge in [-0.15, -0.1) is 0 Å². The maximum atomic E-state index is 6.45. The fourth-order valence-corrected chi connectivity index (χ4v) is 6.77. The average molecular weight is 501 g/mol.